The van der Waals surface area contributed by atoms with Gasteiger partial charge in [0.15, 0.2) is 0 Å². The van der Waals surface area contributed by atoms with Crippen LogP contribution < -0.4 is 0 Å². The molecule has 12 heavy (non-hydrogen) atoms. The van der Waals surface area contributed by atoms with Crippen LogP contribution in [0.5, 0.6) is 0 Å². The van der Waals surface area contributed by atoms with Crippen molar-refractivity contribution in [1.29, 1.82) is 0 Å². The second-order valence-corrected chi connectivity index (χ2v) is 2.16. The Labute approximate surface area is 70.7 Å². The normalized spacial score (nSPS) is 9.50. The smallest absolute Gasteiger partial charge is 0.274 e. The quantitative estimate of drug-likeness (QED) is 0.600. The van der Waals surface area contributed by atoms with Crippen LogP contribution in [0.3, 0.4) is 0 Å². The molecule has 1 aromatic rings. The molecule has 0 N–H and O–H groups in total. The summed E-state index contributed by atoms with van der Waals surface area (Å²) >= 11 is 0. The summed E-state index contributed by atoms with van der Waals surface area (Å²) in [6, 6.07) is 4.27. The standard InChI is InChI=1S/C8H9N2O2/c1-10(12-2)8(11)7-4-3-5-9-6-7/h4-6H,1-2H3. The molecule has 0 saturated heterocycles. The first-order valence-electron chi connectivity index (χ1n) is 3.39. The van der Waals surface area contributed by atoms with Crippen molar-refractivity contribution in [3.05, 3.63) is 30.1 Å². The monoisotopic (exact) mass is 165 g/mol. The Morgan fingerprint density at radius 3 is 3.00 bits per heavy atom. The molecule has 0 atom stereocenters. The van der Waals surface area contributed by atoms with Crippen molar-refractivity contribution < 1.29 is 9.63 Å². The maximum absolute atomic E-state index is 11.3. The highest BCUT2D eigenvalue weighted by molar-refractivity contribution is 5.92. The van der Waals surface area contributed by atoms with Crippen LogP contribution in [0.2, 0.25) is 0 Å². The Morgan fingerprint density at radius 1 is 1.75 bits per heavy atom. The fraction of sp³-hybridized carbons (Fsp3) is 0.250. The second kappa shape index (κ2) is 3.82. The highest BCUT2D eigenvalue weighted by Gasteiger charge is 2.09. The van der Waals surface area contributed by atoms with Crippen LogP contribution in [-0.2, 0) is 4.84 Å². The molecule has 0 spiro atoms. The van der Waals surface area contributed by atoms with E-state index in [1.54, 1.807) is 6.07 Å². The Morgan fingerprint density at radius 2 is 2.50 bits per heavy atom. The lowest BCUT2D eigenvalue weighted by molar-refractivity contribution is -0.0757. The van der Waals surface area contributed by atoms with Crippen LogP contribution in [0.15, 0.2) is 18.5 Å². The van der Waals surface area contributed by atoms with E-state index in [1.807, 2.05) is 0 Å². The van der Waals surface area contributed by atoms with Crippen molar-refractivity contribution >= 4 is 5.91 Å². The zero-order valence-corrected chi connectivity index (χ0v) is 6.94. The Bertz CT molecular complexity index is 261. The summed E-state index contributed by atoms with van der Waals surface area (Å²) < 4.78 is 0. The van der Waals surface area contributed by atoms with Gasteiger partial charge in [0.1, 0.15) is 0 Å². The topological polar surface area (TPSA) is 42.4 Å². The van der Waals surface area contributed by atoms with Crippen molar-refractivity contribution in [1.82, 2.24) is 10.0 Å². The van der Waals surface area contributed by atoms with E-state index in [4.69, 9.17) is 4.84 Å². The van der Waals surface area contributed by atoms with E-state index in [2.05, 4.69) is 11.1 Å². The minimum Gasteiger partial charge on any atom is -0.274 e. The van der Waals surface area contributed by atoms with E-state index >= 15 is 0 Å². The molecule has 0 aliphatic carbocycles. The zero-order chi connectivity index (χ0) is 8.97. The zero-order valence-electron chi connectivity index (χ0n) is 6.94. The number of aromatic nitrogens is 1. The first-order chi connectivity index (χ1) is 5.75. The number of pyridine rings is 1. The van der Waals surface area contributed by atoms with Crippen molar-refractivity contribution in [2.45, 2.75) is 0 Å². The van der Waals surface area contributed by atoms with E-state index < -0.39 is 0 Å². The summed E-state index contributed by atoms with van der Waals surface area (Å²) in [4.78, 5) is 19.8. The Hall–Kier alpha value is -1.42. The Balaban J connectivity index is 2.79. The van der Waals surface area contributed by atoms with Crippen LogP contribution in [-0.4, -0.2) is 30.1 Å². The van der Waals surface area contributed by atoms with Crippen LogP contribution in [0, 0.1) is 6.07 Å². The van der Waals surface area contributed by atoms with Gasteiger partial charge in [0.25, 0.3) is 5.91 Å². The van der Waals surface area contributed by atoms with Gasteiger partial charge in [0.2, 0.25) is 0 Å². The Kier molecular flexibility index (Phi) is 2.76. The summed E-state index contributed by atoms with van der Waals surface area (Å²) in [6.07, 6.45) is 2.96. The minimum absolute atomic E-state index is 0.234. The van der Waals surface area contributed by atoms with Crippen molar-refractivity contribution in [3.63, 3.8) is 0 Å². The minimum atomic E-state index is -0.234. The molecule has 0 aromatic carbocycles. The first-order valence-corrected chi connectivity index (χ1v) is 3.39. The number of rotatable bonds is 2. The summed E-state index contributed by atoms with van der Waals surface area (Å²) in [7, 11) is 2.97. The molecule has 0 bridgehead atoms. The van der Waals surface area contributed by atoms with E-state index in [0.717, 1.165) is 5.06 Å². The molecule has 1 radical (unpaired) electrons. The van der Waals surface area contributed by atoms with Gasteiger partial charge in [0, 0.05) is 25.5 Å². The summed E-state index contributed by atoms with van der Waals surface area (Å²) in [6.45, 7) is 0. The number of carbonyl (C=O) groups is 1. The summed E-state index contributed by atoms with van der Waals surface area (Å²) in [5, 5.41) is 1.13. The van der Waals surface area contributed by atoms with Gasteiger partial charge in [-0.3, -0.25) is 14.6 Å². The molecular formula is C8H9N2O2. The number of carbonyl (C=O) groups excluding carboxylic acids is 1. The molecule has 4 nitrogen and oxygen atoms in total. The van der Waals surface area contributed by atoms with Gasteiger partial charge in [0.05, 0.1) is 12.7 Å². The van der Waals surface area contributed by atoms with Gasteiger partial charge >= 0.3 is 0 Å². The van der Waals surface area contributed by atoms with E-state index in [-0.39, 0.29) is 5.91 Å². The molecular weight excluding hydrogens is 156 g/mol. The third-order valence-corrected chi connectivity index (χ3v) is 1.41. The largest absolute Gasteiger partial charge is 0.278 e. The molecule has 4 heteroatoms. The third kappa shape index (κ3) is 1.79. The lowest BCUT2D eigenvalue weighted by atomic mass is 10.3. The SMILES string of the molecule is CON(C)C(=O)c1c[c]cnc1. The van der Waals surface area contributed by atoms with Crippen LogP contribution in [0.1, 0.15) is 10.4 Å². The predicted octanol–water partition coefficient (Wildman–Crippen LogP) is 0.515. The van der Waals surface area contributed by atoms with Gasteiger partial charge in [-0.25, -0.2) is 5.06 Å². The predicted molar refractivity (Wildman–Crippen MR) is 42.2 cm³/mol. The van der Waals surface area contributed by atoms with E-state index in [0.29, 0.717) is 5.56 Å². The fourth-order valence-electron chi connectivity index (χ4n) is 0.707. The number of hydroxylamine groups is 2. The number of nitrogens with zero attached hydrogens (tertiary/aromatic N) is 2. The lowest BCUT2D eigenvalue weighted by Gasteiger charge is -2.12. The van der Waals surface area contributed by atoms with Gasteiger partial charge in [-0.05, 0) is 6.07 Å². The van der Waals surface area contributed by atoms with Crippen LogP contribution in [0.25, 0.3) is 0 Å². The molecule has 1 heterocycles. The van der Waals surface area contributed by atoms with Gasteiger partial charge in [-0.2, -0.15) is 0 Å². The summed E-state index contributed by atoms with van der Waals surface area (Å²) in [5.41, 5.74) is 0.460. The molecule has 1 amide bonds. The van der Waals surface area contributed by atoms with Crippen LogP contribution in [0.4, 0.5) is 0 Å². The van der Waals surface area contributed by atoms with Gasteiger partial charge in [-0.1, -0.05) is 0 Å². The molecule has 0 saturated carbocycles. The molecule has 0 aliphatic heterocycles. The van der Waals surface area contributed by atoms with Crippen molar-refractivity contribution in [3.8, 4) is 0 Å². The third-order valence-electron chi connectivity index (χ3n) is 1.41. The molecule has 1 rings (SSSR count). The van der Waals surface area contributed by atoms with Crippen molar-refractivity contribution in [2.24, 2.45) is 0 Å². The molecule has 1 aromatic heterocycles. The number of hydrogen-bond acceptors (Lipinski definition) is 3. The molecule has 0 aliphatic rings. The second-order valence-electron chi connectivity index (χ2n) is 2.16. The maximum Gasteiger partial charge on any atom is 0.278 e. The number of amides is 1. The summed E-state index contributed by atoms with van der Waals surface area (Å²) in [5.74, 6) is -0.234. The molecule has 63 valence electrons. The lowest BCUT2D eigenvalue weighted by Crippen LogP contribution is -2.25. The van der Waals surface area contributed by atoms with Gasteiger partial charge < -0.3 is 0 Å². The maximum atomic E-state index is 11.3. The van der Waals surface area contributed by atoms with Crippen LogP contribution >= 0.6 is 0 Å². The highest BCUT2D eigenvalue weighted by Crippen LogP contribution is 1.99. The molecule has 0 unspecified atom stereocenters. The van der Waals surface area contributed by atoms with E-state index in [1.165, 1.54) is 26.6 Å². The van der Waals surface area contributed by atoms with Crippen molar-refractivity contribution in [2.75, 3.05) is 14.2 Å². The molecule has 0 fully saturated rings. The average Bonchev–Trinajstić information content (AvgIpc) is 2.17. The highest BCUT2D eigenvalue weighted by atomic mass is 16.7. The van der Waals surface area contributed by atoms with E-state index in [9.17, 15) is 4.79 Å². The average molecular weight is 165 g/mol. The fourth-order valence-corrected chi connectivity index (χ4v) is 0.707. The first kappa shape index (κ1) is 8.67. The van der Waals surface area contributed by atoms with Gasteiger partial charge in [-0.15, -0.1) is 0 Å². The number of hydrogen-bond donors (Lipinski definition) is 0.